The van der Waals surface area contributed by atoms with Crippen LogP contribution >= 0.6 is 0 Å². The summed E-state index contributed by atoms with van der Waals surface area (Å²) in [5.41, 5.74) is 1.24. The molecule has 1 atom stereocenters. The molecule has 3 heterocycles. The van der Waals surface area contributed by atoms with Gasteiger partial charge in [0.05, 0.1) is 19.3 Å². The molecule has 0 aromatic carbocycles. The smallest absolute Gasteiger partial charge is 0.291 e. The molecule has 0 spiro atoms. The van der Waals surface area contributed by atoms with Crippen LogP contribution in [-0.2, 0) is 16.2 Å². The number of aliphatic imine (C=N–C) groups is 1. The van der Waals surface area contributed by atoms with Crippen molar-refractivity contribution >= 4 is 11.6 Å². The summed E-state index contributed by atoms with van der Waals surface area (Å²) in [5, 5.41) is 1.07. The molecule has 10 heteroatoms. The number of aromatic nitrogens is 2. The van der Waals surface area contributed by atoms with Gasteiger partial charge in [0.1, 0.15) is 29.6 Å². The SMILES string of the molecule is CON(C)C(=O)C1=NC=C(C)C(n2c(C)cc(OCc3ncc(F)cc3F)cc2=O)C1. The highest BCUT2D eigenvalue weighted by molar-refractivity contribution is 6.38. The third-order valence-electron chi connectivity index (χ3n) is 4.95. The monoisotopic (exact) mass is 432 g/mol. The molecule has 2 aromatic heterocycles. The molecule has 0 N–H and O–H groups in total. The number of rotatable bonds is 6. The largest absolute Gasteiger partial charge is 0.487 e. The van der Waals surface area contributed by atoms with Crippen molar-refractivity contribution in [1.29, 1.82) is 0 Å². The minimum atomic E-state index is -0.828. The number of carbonyl (C=O) groups is 1. The summed E-state index contributed by atoms with van der Waals surface area (Å²) in [6.45, 7) is 3.30. The molecule has 8 nitrogen and oxygen atoms in total. The number of amides is 1. The lowest BCUT2D eigenvalue weighted by Crippen LogP contribution is -2.37. The second-order valence-corrected chi connectivity index (χ2v) is 7.07. The topological polar surface area (TPSA) is 86.0 Å². The quantitative estimate of drug-likeness (QED) is 0.656. The molecule has 1 aliphatic heterocycles. The van der Waals surface area contributed by atoms with Crippen LogP contribution in [0.3, 0.4) is 0 Å². The zero-order valence-corrected chi connectivity index (χ0v) is 17.6. The van der Waals surface area contributed by atoms with E-state index in [2.05, 4.69) is 9.98 Å². The summed E-state index contributed by atoms with van der Waals surface area (Å²) in [5.74, 6) is -1.78. The van der Waals surface area contributed by atoms with Crippen molar-refractivity contribution < 1.29 is 23.1 Å². The first-order valence-corrected chi connectivity index (χ1v) is 9.42. The van der Waals surface area contributed by atoms with E-state index in [9.17, 15) is 18.4 Å². The highest BCUT2D eigenvalue weighted by Crippen LogP contribution is 2.27. The maximum atomic E-state index is 13.7. The number of hydrogen-bond donors (Lipinski definition) is 0. The number of hydroxylamine groups is 2. The van der Waals surface area contributed by atoms with Crippen LogP contribution in [0.5, 0.6) is 5.75 Å². The van der Waals surface area contributed by atoms with E-state index in [0.717, 1.165) is 16.8 Å². The standard InChI is InChI=1S/C21H22F2N4O4/c1-12-9-24-17(21(29)26(3)30-4)8-19(12)27-13(2)5-15(7-20(27)28)31-11-18-16(23)6-14(22)10-25-18/h5-7,9-10,19H,8,11H2,1-4H3. The van der Waals surface area contributed by atoms with Crippen molar-refractivity contribution in [1.82, 2.24) is 14.6 Å². The first-order valence-electron chi connectivity index (χ1n) is 9.42. The molecule has 0 saturated heterocycles. The summed E-state index contributed by atoms with van der Waals surface area (Å²) in [4.78, 5) is 38.0. The van der Waals surface area contributed by atoms with E-state index >= 15 is 0 Å². The Morgan fingerprint density at radius 3 is 2.68 bits per heavy atom. The predicted molar refractivity (Wildman–Crippen MR) is 109 cm³/mol. The van der Waals surface area contributed by atoms with Crippen molar-refractivity contribution in [2.45, 2.75) is 32.9 Å². The van der Waals surface area contributed by atoms with Gasteiger partial charge in [-0.2, -0.15) is 0 Å². The van der Waals surface area contributed by atoms with Gasteiger partial charge in [-0.3, -0.25) is 24.4 Å². The number of aryl methyl sites for hydroxylation is 1. The summed E-state index contributed by atoms with van der Waals surface area (Å²) in [6, 6.07) is 3.22. The number of halogens is 2. The number of hydrogen-bond acceptors (Lipinski definition) is 6. The lowest BCUT2D eigenvalue weighted by Gasteiger charge is -2.27. The van der Waals surface area contributed by atoms with Crippen molar-refractivity contribution in [3.8, 4) is 5.75 Å². The number of allylic oxidation sites excluding steroid dienone is 1. The van der Waals surface area contributed by atoms with E-state index in [4.69, 9.17) is 9.57 Å². The fourth-order valence-electron chi connectivity index (χ4n) is 3.23. The molecule has 31 heavy (non-hydrogen) atoms. The van der Waals surface area contributed by atoms with E-state index in [0.29, 0.717) is 11.8 Å². The summed E-state index contributed by atoms with van der Waals surface area (Å²) < 4.78 is 33.8. The Labute approximate surface area is 177 Å². The van der Waals surface area contributed by atoms with Crippen molar-refractivity contribution in [3.63, 3.8) is 0 Å². The van der Waals surface area contributed by atoms with Gasteiger partial charge < -0.3 is 9.30 Å². The average Bonchev–Trinajstić information content (AvgIpc) is 2.72. The van der Waals surface area contributed by atoms with Gasteiger partial charge >= 0.3 is 0 Å². The van der Waals surface area contributed by atoms with E-state index in [-0.39, 0.29) is 35.7 Å². The Kier molecular flexibility index (Phi) is 6.59. The van der Waals surface area contributed by atoms with Crippen LogP contribution in [0.15, 0.2) is 46.0 Å². The normalized spacial score (nSPS) is 15.9. The molecule has 164 valence electrons. The molecular formula is C21H22F2N4O4. The Bertz CT molecular complexity index is 1130. The van der Waals surface area contributed by atoms with Crippen LogP contribution in [0.4, 0.5) is 8.78 Å². The maximum absolute atomic E-state index is 13.7. The average molecular weight is 432 g/mol. The van der Waals surface area contributed by atoms with E-state index in [1.54, 1.807) is 23.8 Å². The van der Waals surface area contributed by atoms with E-state index in [1.807, 2.05) is 6.92 Å². The Balaban J connectivity index is 1.82. The van der Waals surface area contributed by atoms with Crippen LogP contribution in [0.25, 0.3) is 0 Å². The van der Waals surface area contributed by atoms with Gasteiger partial charge in [0.25, 0.3) is 11.5 Å². The van der Waals surface area contributed by atoms with Crippen molar-refractivity contribution in [2.24, 2.45) is 4.99 Å². The molecule has 0 saturated carbocycles. The summed E-state index contributed by atoms with van der Waals surface area (Å²) in [7, 11) is 2.86. The predicted octanol–water partition coefficient (Wildman–Crippen LogP) is 2.72. The second-order valence-electron chi connectivity index (χ2n) is 7.07. The molecule has 1 amide bonds. The van der Waals surface area contributed by atoms with Gasteiger partial charge in [0.2, 0.25) is 0 Å². The van der Waals surface area contributed by atoms with Crippen LogP contribution in [-0.4, -0.2) is 40.4 Å². The first-order chi connectivity index (χ1) is 14.7. The van der Waals surface area contributed by atoms with Gasteiger partial charge in [-0.25, -0.2) is 13.8 Å². The highest BCUT2D eigenvalue weighted by atomic mass is 19.1. The molecule has 0 fully saturated rings. The lowest BCUT2D eigenvalue weighted by atomic mass is 9.99. The van der Waals surface area contributed by atoms with Gasteiger partial charge in [-0.05, 0) is 25.5 Å². The Hall–Kier alpha value is -3.40. The molecule has 0 bridgehead atoms. The minimum Gasteiger partial charge on any atom is -0.487 e. The van der Waals surface area contributed by atoms with Crippen LogP contribution in [0.1, 0.15) is 30.8 Å². The molecule has 1 unspecified atom stereocenters. The number of pyridine rings is 2. The fraction of sp³-hybridized carbons (Fsp3) is 0.333. The van der Waals surface area contributed by atoms with E-state index in [1.165, 1.54) is 20.2 Å². The van der Waals surface area contributed by atoms with Gasteiger partial charge in [0, 0.05) is 37.5 Å². The molecule has 0 aliphatic carbocycles. The summed E-state index contributed by atoms with van der Waals surface area (Å²) >= 11 is 0. The van der Waals surface area contributed by atoms with Crippen molar-refractivity contribution in [2.75, 3.05) is 14.2 Å². The summed E-state index contributed by atoms with van der Waals surface area (Å²) in [6.07, 6.45) is 2.68. The molecule has 0 radical (unpaired) electrons. The number of nitrogens with zero attached hydrogens (tertiary/aromatic N) is 4. The zero-order chi connectivity index (χ0) is 22.7. The second kappa shape index (κ2) is 9.17. The third-order valence-corrected chi connectivity index (χ3v) is 4.95. The lowest BCUT2D eigenvalue weighted by molar-refractivity contribution is -0.160. The number of carbonyl (C=O) groups excluding carboxylic acids is 1. The molecule has 2 aromatic rings. The Morgan fingerprint density at radius 1 is 1.29 bits per heavy atom. The molecular weight excluding hydrogens is 410 g/mol. The zero-order valence-electron chi connectivity index (χ0n) is 17.6. The van der Waals surface area contributed by atoms with Gasteiger partial charge in [-0.1, -0.05) is 0 Å². The number of ether oxygens (including phenoxy) is 1. The third kappa shape index (κ3) is 4.85. The molecule has 1 aliphatic rings. The van der Waals surface area contributed by atoms with E-state index < -0.39 is 23.6 Å². The van der Waals surface area contributed by atoms with Gasteiger partial charge in [0.15, 0.2) is 5.82 Å². The fourth-order valence-corrected chi connectivity index (χ4v) is 3.23. The van der Waals surface area contributed by atoms with Gasteiger partial charge in [-0.15, -0.1) is 0 Å². The Morgan fingerprint density at radius 2 is 2.03 bits per heavy atom. The van der Waals surface area contributed by atoms with Crippen LogP contribution in [0, 0.1) is 18.6 Å². The minimum absolute atomic E-state index is 0.0732. The van der Waals surface area contributed by atoms with Crippen molar-refractivity contribution in [3.05, 3.63) is 69.5 Å². The van der Waals surface area contributed by atoms with Crippen LogP contribution in [0.2, 0.25) is 0 Å². The molecule has 3 rings (SSSR count). The first kappa shape index (κ1) is 22.3. The highest BCUT2D eigenvalue weighted by Gasteiger charge is 2.27. The maximum Gasteiger partial charge on any atom is 0.291 e. The van der Waals surface area contributed by atoms with Crippen LogP contribution < -0.4 is 10.3 Å².